The Labute approximate surface area is 86.6 Å². The van der Waals surface area contributed by atoms with Crippen molar-refractivity contribution in [2.75, 3.05) is 13.1 Å². The van der Waals surface area contributed by atoms with Gasteiger partial charge >= 0.3 is 0 Å². The predicted molar refractivity (Wildman–Crippen MR) is 55.7 cm³/mol. The SMILES string of the molecule is CC(C)CCC[N+](F)(F)CCC(C)C. The van der Waals surface area contributed by atoms with Gasteiger partial charge in [0.25, 0.3) is 0 Å². The van der Waals surface area contributed by atoms with Crippen LogP contribution in [0, 0.1) is 11.8 Å². The van der Waals surface area contributed by atoms with E-state index in [1.807, 2.05) is 13.8 Å². The van der Waals surface area contributed by atoms with Gasteiger partial charge in [0.1, 0.15) is 0 Å². The van der Waals surface area contributed by atoms with E-state index in [2.05, 4.69) is 13.8 Å². The lowest BCUT2D eigenvalue weighted by molar-refractivity contribution is -1.17. The molecule has 0 amide bonds. The summed E-state index contributed by atoms with van der Waals surface area (Å²) in [6.45, 7) is 8.10. The van der Waals surface area contributed by atoms with E-state index < -0.39 is 4.93 Å². The molecule has 0 radical (unpaired) electrons. The molecule has 0 atom stereocenters. The van der Waals surface area contributed by atoms with Crippen molar-refractivity contribution in [1.82, 2.24) is 0 Å². The Morgan fingerprint density at radius 1 is 0.857 bits per heavy atom. The van der Waals surface area contributed by atoms with Gasteiger partial charge in [0.15, 0.2) is 13.1 Å². The van der Waals surface area contributed by atoms with Crippen molar-refractivity contribution in [2.24, 2.45) is 11.8 Å². The minimum Gasteiger partial charge on any atom is -0.0628 e. The maximum absolute atomic E-state index is 13.2. The summed E-state index contributed by atoms with van der Waals surface area (Å²) in [6.07, 6.45) is 2.13. The second-order valence-corrected chi connectivity index (χ2v) is 4.93. The molecule has 0 spiro atoms. The van der Waals surface area contributed by atoms with Crippen LogP contribution in [0.1, 0.15) is 47.0 Å². The van der Waals surface area contributed by atoms with E-state index in [0.717, 1.165) is 6.42 Å². The van der Waals surface area contributed by atoms with Crippen LogP contribution >= 0.6 is 0 Å². The van der Waals surface area contributed by atoms with Gasteiger partial charge in [0.05, 0.1) is 4.93 Å². The molecular formula is C11H24F2N+. The van der Waals surface area contributed by atoms with E-state index in [4.69, 9.17) is 0 Å². The molecule has 0 heterocycles. The summed E-state index contributed by atoms with van der Waals surface area (Å²) in [5.74, 6) is 0.893. The van der Waals surface area contributed by atoms with E-state index in [9.17, 15) is 8.96 Å². The lowest BCUT2D eigenvalue weighted by Gasteiger charge is -2.15. The van der Waals surface area contributed by atoms with Crippen LogP contribution in [-0.4, -0.2) is 18.0 Å². The highest BCUT2D eigenvalue weighted by Crippen LogP contribution is 2.16. The Kier molecular flexibility index (Phi) is 6.25. The lowest BCUT2D eigenvalue weighted by atomic mass is 10.1. The lowest BCUT2D eigenvalue weighted by Crippen LogP contribution is -2.33. The van der Waals surface area contributed by atoms with Crippen LogP contribution in [0.15, 0.2) is 0 Å². The zero-order valence-corrected chi connectivity index (χ0v) is 9.89. The molecule has 1 nitrogen and oxygen atoms in total. The minimum atomic E-state index is -1.80. The molecule has 0 N–H and O–H groups in total. The van der Waals surface area contributed by atoms with E-state index in [1.54, 1.807) is 0 Å². The fourth-order valence-electron chi connectivity index (χ4n) is 1.29. The molecule has 0 rings (SSSR count). The first-order chi connectivity index (χ1) is 6.33. The average molecular weight is 208 g/mol. The Bertz CT molecular complexity index is 144. The van der Waals surface area contributed by atoms with E-state index in [-0.39, 0.29) is 13.1 Å². The molecule has 3 heteroatoms. The maximum Gasteiger partial charge on any atom is 0.155 e. The van der Waals surface area contributed by atoms with Crippen molar-refractivity contribution in [3.05, 3.63) is 0 Å². The highest BCUT2D eigenvalue weighted by molar-refractivity contribution is 4.45. The highest BCUT2D eigenvalue weighted by atomic mass is 19.4. The molecule has 0 aromatic heterocycles. The van der Waals surface area contributed by atoms with Crippen molar-refractivity contribution in [3.63, 3.8) is 0 Å². The first-order valence-corrected chi connectivity index (χ1v) is 5.60. The molecule has 0 aromatic rings. The molecule has 0 bridgehead atoms. The van der Waals surface area contributed by atoms with Crippen molar-refractivity contribution in [2.45, 2.75) is 47.0 Å². The Morgan fingerprint density at radius 3 is 1.79 bits per heavy atom. The van der Waals surface area contributed by atoms with Gasteiger partial charge in [-0.3, -0.25) is 0 Å². The van der Waals surface area contributed by atoms with Crippen molar-refractivity contribution in [1.29, 1.82) is 0 Å². The molecule has 0 saturated carbocycles. The Morgan fingerprint density at radius 2 is 1.36 bits per heavy atom. The zero-order chi connectivity index (χ0) is 11.2. The third kappa shape index (κ3) is 8.42. The summed E-state index contributed by atoms with van der Waals surface area (Å²) in [7, 11) is 0. The molecule has 0 unspecified atom stereocenters. The van der Waals surface area contributed by atoms with Crippen LogP contribution in [0.25, 0.3) is 0 Å². The van der Waals surface area contributed by atoms with Gasteiger partial charge < -0.3 is 0 Å². The summed E-state index contributed by atoms with van der Waals surface area (Å²) in [5, 5.41) is 0. The van der Waals surface area contributed by atoms with Crippen LogP contribution in [0.2, 0.25) is 0 Å². The minimum absolute atomic E-state index is 0.00420. The number of rotatable bonds is 7. The summed E-state index contributed by atoms with van der Waals surface area (Å²) in [4.78, 5) is -1.80. The number of hydrogen-bond acceptors (Lipinski definition) is 0. The van der Waals surface area contributed by atoms with Crippen LogP contribution in [0.3, 0.4) is 0 Å². The number of quaternary nitrogens is 1. The Balaban J connectivity index is 3.61. The van der Waals surface area contributed by atoms with Crippen LogP contribution in [0.4, 0.5) is 8.96 Å². The maximum atomic E-state index is 13.2. The summed E-state index contributed by atoms with van der Waals surface area (Å²) >= 11 is 0. The largest absolute Gasteiger partial charge is 0.155 e. The van der Waals surface area contributed by atoms with Gasteiger partial charge in [-0.05, 0) is 18.3 Å². The smallest absolute Gasteiger partial charge is 0.0628 e. The molecule has 14 heavy (non-hydrogen) atoms. The molecule has 0 aromatic carbocycles. The summed E-state index contributed by atoms with van der Waals surface area (Å²) in [6, 6.07) is 0. The molecular weight excluding hydrogens is 184 g/mol. The van der Waals surface area contributed by atoms with Gasteiger partial charge in [-0.1, -0.05) is 27.7 Å². The monoisotopic (exact) mass is 208 g/mol. The van der Waals surface area contributed by atoms with Crippen molar-refractivity contribution in [3.8, 4) is 0 Å². The van der Waals surface area contributed by atoms with Gasteiger partial charge in [-0.2, -0.15) is 0 Å². The fraction of sp³-hybridized carbons (Fsp3) is 1.00. The normalized spacial score (nSPS) is 12.9. The quantitative estimate of drug-likeness (QED) is 0.554. The second-order valence-electron chi connectivity index (χ2n) is 4.93. The number of halogens is 2. The fourth-order valence-corrected chi connectivity index (χ4v) is 1.29. The van der Waals surface area contributed by atoms with E-state index >= 15 is 0 Å². The Hall–Kier alpha value is -0.180. The molecule has 0 fully saturated rings. The summed E-state index contributed by atoms with van der Waals surface area (Å²) < 4.78 is 26.3. The topological polar surface area (TPSA) is 0 Å². The first kappa shape index (κ1) is 13.8. The van der Waals surface area contributed by atoms with Crippen LogP contribution in [-0.2, 0) is 0 Å². The zero-order valence-electron chi connectivity index (χ0n) is 9.89. The van der Waals surface area contributed by atoms with Crippen LogP contribution < -0.4 is 0 Å². The molecule has 0 saturated heterocycles. The van der Waals surface area contributed by atoms with E-state index in [0.29, 0.717) is 24.7 Å². The second kappa shape index (κ2) is 6.33. The van der Waals surface area contributed by atoms with Gasteiger partial charge in [0.2, 0.25) is 0 Å². The van der Waals surface area contributed by atoms with Crippen molar-refractivity contribution < 1.29 is 13.9 Å². The van der Waals surface area contributed by atoms with Crippen LogP contribution in [0.5, 0.6) is 0 Å². The summed E-state index contributed by atoms with van der Waals surface area (Å²) in [5.41, 5.74) is 0. The molecule has 0 aliphatic heterocycles. The van der Waals surface area contributed by atoms with Gasteiger partial charge in [-0.25, -0.2) is 0 Å². The third-order valence-electron chi connectivity index (χ3n) is 2.30. The predicted octanol–water partition coefficient (Wildman–Crippen LogP) is 4.05. The van der Waals surface area contributed by atoms with Crippen molar-refractivity contribution >= 4 is 0 Å². The van der Waals surface area contributed by atoms with E-state index in [1.165, 1.54) is 0 Å². The standard InChI is InChI=1S/C11H24F2N/c1-10(2)6-5-8-14(12,13)9-7-11(3)4/h10-11H,5-9H2,1-4H3/q+1. The highest BCUT2D eigenvalue weighted by Gasteiger charge is 2.28. The first-order valence-electron chi connectivity index (χ1n) is 5.60. The number of hydrogen-bond donors (Lipinski definition) is 0. The third-order valence-corrected chi connectivity index (χ3v) is 2.30. The van der Waals surface area contributed by atoms with Gasteiger partial charge in [0, 0.05) is 21.8 Å². The molecule has 0 aliphatic rings. The average Bonchev–Trinajstić information content (AvgIpc) is 2.00. The molecule has 86 valence electrons. The molecule has 0 aliphatic carbocycles. The number of nitrogens with zero attached hydrogens (tertiary/aromatic N) is 1. The van der Waals surface area contributed by atoms with Gasteiger partial charge in [-0.15, -0.1) is 0 Å².